The Bertz CT molecular complexity index is 711. The number of carbonyl (C=O) groups is 1. The molecule has 0 unspecified atom stereocenters. The zero-order valence-corrected chi connectivity index (χ0v) is 15.1. The van der Waals surface area contributed by atoms with Crippen LogP contribution in [0, 0.1) is 11.8 Å². The summed E-state index contributed by atoms with van der Waals surface area (Å²) in [5.41, 5.74) is 0.975. The van der Waals surface area contributed by atoms with Gasteiger partial charge in [-0.3, -0.25) is 14.5 Å². The Morgan fingerprint density at radius 3 is 2.58 bits per heavy atom. The van der Waals surface area contributed by atoms with Gasteiger partial charge < -0.3 is 10.6 Å². The summed E-state index contributed by atoms with van der Waals surface area (Å²) in [6.45, 7) is 0.250. The van der Waals surface area contributed by atoms with Crippen molar-refractivity contribution < 1.29 is 18.0 Å². The second-order valence-electron chi connectivity index (χ2n) is 5.66. The van der Waals surface area contributed by atoms with Crippen molar-refractivity contribution in [3.05, 3.63) is 42.4 Å². The van der Waals surface area contributed by atoms with E-state index in [0.29, 0.717) is 6.54 Å². The molecule has 1 aliphatic rings. The van der Waals surface area contributed by atoms with Crippen LogP contribution in [0.1, 0.15) is 5.56 Å². The van der Waals surface area contributed by atoms with Gasteiger partial charge in [-0.25, -0.2) is 0 Å². The maximum absolute atomic E-state index is 12.9. The Balaban J connectivity index is 0.00000169. The van der Waals surface area contributed by atoms with Crippen LogP contribution in [0.2, 0.25) is 0 Å². The fourth-order valence-electron chi connectivity index (χ4n) is 2.71. The first kappa shape index (κ1) is 22.2. The average Bonchev–Trinajstić information content (AvgIpc) is 3.17. The molecule has 2 atom stereocenters. The largest absolute Gasteiger partial charge is 0.393 e. The molecule has 6 nitrogen and oxygen atoms in total. The molecule has 11 heteroatoms. The minimum absolute atomic E-state index is 0. The van der Waals surface area contributed by atoms with Crippen molar-refractivity contribution in [1.29, 1.82) is 0 Å². The maximum atomic E-state index is 12.9. The van der Waals surface area contributed by atoms with Crippen molar-refractivity contribution >= 4 is 36.5 Å². The van der Waals surface area contributed by atoms with Crippen LogP contribution in [-0.4, -0.2) is 39.9 Å². The molecule has 2 aromatic heterocycles. The lowest BCUT2D eigenvalue weighted by Gasteiger charge is -2.20. The summed E-state index contributed by atoms with van der Waals surface area (Å²) >= 11 is 0. The number of rotatable bonds is 4. The van der Waals surface area contributed by atoms with Gasteiger partial charge in [-0.2, -0.15) is 18.3 Å². The van der Waals surface area contributed by atoms with Crippen LogP contribution in [0.3, 0.4) is 0 Å². The molecule has 0 spiro atoms. The normalized spacial score (nSPS) is 19.3. The highest BCUT2D eigenvalue weighted by Gasteiger charge is 2.49. The molecule has 1 aliphatic heterocycles. The second-order valence-corrected chi connectivity index (χ2v) is 5.66. The number of nitrogens with one attached hydrogen (secondary N) is 2. The first-order valence-corrected chi connectivity index (χ1v) is 7.44. The van der Waals surface area contributed by atoms with Crippen molar-refractivity contribution in [2.75, 3.05) is 18.4 Å². The maximum Gasteiger partial charge on any atom is 0.393 e. The number of hydrogen-bond donors (Lipinski definition) is 2. The summed E-state index contributed by atoms with van der Waals surface area (Å²) < 4.78 is 40.3. The molecule has 1 amide bonds. The highest BCUT2D eigenvalue weighted by molar-refractivity contribution is 5.92. The van der Waals surface area contributed by atoms with Gasteiger partial charge in [-0.1, -0.05) is 0 Å². The lowest BCUT2D eigenvalue weighted by molar-refractivity contribution is -0.181. The third-order valence-electron chi connectivity index (χ3n) is 3.96. The zero-order valence-electron chi connectivity index (χ0n) is 13.4. The second kappa shape index (κ2) is 9.20. The number of amides is 1. The third kappa shape index (κ3) is 5.33. The average molecular weight is 412 g/mol. The summed E-state index contributed by atoms with van der Waals surface area (Å²) in [5.74, 6) is -3.25. The van der Waals surface area contributed by atoms with Crippen molar-refractivity contribution in [2.45, 2.75) is 12.7 Å². The molecule has 0 bridgehead atoms. The van der Waals surface area contributed by atoms with E-state index in [0.717, 1.165) is 5.56 Å². The number of nitrogens with zero attached hydrogens (tertiary/aromatic N) is 3. The van der Waals surface area contributed by atoms with E-state index in [1.54, 1.807) is 29.3 Å². The van der Waals surface area contributed by atoms with E-state index in [1.165, 1.54) is 0 Å². The summed E-state index contributed by atoms with van der Waals surface area (Å²) in [6, 6.07) is 5.22. The summed E-state index contributed by atoms with van der Waals surface area (Å²) in [7, 11) is 0. The topological polar surface area (TPSA) is 71.8 Å². The molecule has 0 aliphatic carbocycles. The van der Waals surface area contributed by atoms with Crippen molar-refractivity contribution in [2.24, 2.45) is 11.8 Å². The quantitative estimate of drug-likeness (QED) is 0.810. The van der Waals surface area contributed by atoms with Gasteiger partial charge >= 0.3 is 6.18 Å². The van der Waals surface area contributed by atoms with Gasteiger partial charge in [0, 0.05) is 37.7 Å². The summed E-state index contributed by atoms with van der Waals surface area (Å²) in [5, 5.41) is 9.26. The third-order valence-corrected chi connectivity index (χ3v) is 3.96. The van der Waals surface area contributed by atoms with Gasteiger partial charge in [0.15, 0.2) is 5.82 Å². The van der Waals surface area contributed by atoms with E-state index in [2.05, 4.69) is 20.7 Å². The van der Waals surface area contributed by atoms with Gasteiger partial charge in [0.25, 0.3) is 0 Å². The number of alkyl halides is 3. The molecule has 3 heterocycles. The molecular weight excluding hydrogens is 394 g/mol. The van der Waals surface area contributed by atoms with E-state index < -0.39 is 23.9 Å². The van der Waals surface area contributed by atoms with E-state index in [9.17, 15) is 18.0 Å². The smallest absolute Gasteiger partial charge is 0.315 e. The van der Waals surface area contributed by atoms with Crippen LogP contribution in [0.4, 0.5) is 19.0 Å². The lowest BCUT2D eigenvalue weighted by Crippen LogP contribution is -2.36. The van der Waals surface area contributed by atoms with E-state index in [4.69, 9.17) is 0 Å². The molecule has 144 valence electrons. The number of aromatic nitrogens is 3. The van der Waals surface area contributed by atoms with Gasteiger partial charge in [0.2, 0.25) is 5.91 Å². The fraction of sp³-hybridized carbons (Fsp3) is 0.400. The molecule has 2 aromatic rings. The van der Waals surface area contributed by atoms with Crippen LogP contribution in [0.15, 0.2) is 36.8 Å². The van der Waals surface area contributed by atoms with Crippen LogP contribution >= 0.6 is 24.8 Å². The molecular formula is C15H18Cl2F3N5O. The highest BCUT2D eigenvalue weighted by atomic mass is 35.5. The first-order chi connectivity index (χ1) is 11.4. The molecule has 1 saturated heterocycles. The van der Waals surface area contributed by atoms with Crippen LogP contribution in [0.25, 0.3) is 0 Å². The predicted molar refractivity (Wildman–Crippen MR) is 94.6 cm³/mol. The molecule has 2 N–H and O–H groups in total. The Hall–Kier alpha value is -1.84. The highest BCUT2D eigenvalue weighted by Crippen LogP contribution is 2.34. The molecule has 26 heavy (non-hydrogen) atoms. The van der Waals surface area contributed by atoms with E-state index >= 15 is 0 Å². The molecule has 1 fully saturated rings. The summed E-state index contributed by atoms with van der Waals surface area (Å²) in [6.07, 6.45) is 0.578. The van der Waals surface area contributed by atoms with Crippen molar-refractivity contribution in [3.8, 4) is 0 Å². The zero-order chi connectivity index (χ0) is 17.2. The van der Waals surface area contributed by atoms with Crippen molar-refractivity contribution in [1.82, 2.24) is 20.1 Å². The number of halogens is 5. The predicted octanol–water partition coefficient (Wildman–Crippen LogP) is 2.51. The van der Waals surface area contributed by atoms with Crippen LogP contribution < -0.4 is 10.6 Å². The Morgan fingerprint density at radius 1 is 1.23 bits per heavy atom. The van der Waals surface area contributed by atoms with Crippen LogP contribution in [0.5, 0.6) is 0 Å². The number of carbonyl (C=O) groups excluding carboxylic acids is 1. The summed E-state index contributed by atoms with van der Waals surface area (Å²) in [4.78, 5) is 16.0. The molecule has 0 saturated carbocycles. The minimum atomic E-state index is -4.40. The monoisotopic (exact) mass is 411 g/mol. The van der Waals surface area contributed by atoms with Gasteiger partial charge in [0.1, 0.15) is 0 Å². The SMILES string of the molecule is Cl.Cl.O=C(Nc1ccn(Cc2ccncc2)n1)[C@@H]1CNC[C@H]1C(F)(F)F. The minimum Gasteiger partial charge on any atom is -0.315 e. The Kier molecular flexibility index (Phi) is 7.86. The molecule has 3 rings (SSSR count). The number of hydrogen-bond acceptors (Lipinski definition) is 4. The van der Waals surface area contributed by atoms with E-state index in [-0.39, 0.29) is 43.7 Å². The van der Waals surface area contributed by atoms with Crippen LogP contribution in [-0.2, 0) is 11.3 Å². The first-order valence-electron chi connectivity index (χ1n) is 7.44. The van der Waals surface area contributed by atoms with E-state index in [1.807, 2.05) is 12.1 Å². The number of anilines is 1. The lowest BCUT2D eigenvalue weighted by atomic mass is 9.94. The van der Waals surface area contributed by atoms with Gasteiger partial charge in [0.05, 0.1) is 18.4 Å². The molecule has 0 radical (unpaired) electrons. The Morgan fingerprint density at radius 2 is 1.92 bits per heavy atom. The Labute approximate surface area is 160 Å². The fourth-order valence-corrected chi connectivity index (χ4v) is 2.71. The van der Waals surface area contributed by atoms with Crippen molar-refractivity contribution in [3.63, 3.8) is 0 Å². The molecule has 0 aromatic carbocycles. The number of pyridine rings is 1. The standard InChI is InChI=1S/C15H16F3N5O.2ClH/c16-15(17,18)12-8-20-7-11(12)14(24)21-13-3-6-23(22-13)9-10-1-4-19-5-2-10;;/h1-6,11-12,20H,7-9H2,(H,21,22,24);2*1H/t11-,12-;;/m1../s1. The van der Waals surface area contributed by atoms with Gasteiger partial charge in [-0.15, -0.1) is 24.8 Å². The van der Waals surface area contributed by atoms with Gasteiger partial charge in [-0.05, 0) is 17.7 Å².